The number of ether oxygens (including phenoxy) is 1. The highest BCUT2D eigenvalue weighted by Crippen LogP contribution is 2.15. The van der Waals surface area contributed by atoms with E-state index in [1.165, 1.54) is 12.8 Å². The fraction of sp³-hybridized carbons (Fsp3) is 0.750. The summed E-state index contributed by atoms with van der Waals surface area (Å²) in [7, 11) is -1.06. The van der Waals surface area contributed by atoms with Gasteiger partial charge in [-0.25, -0.2) is 4.39 Å². The van der Waals surface area contributed by atoms with Crippen molar-refractivity contribution in [3.8, 4) is 0 Å². The van der Waals surface area contributed by atoms with Gasteiger partial charge in [0.15, 0.2) is 0 Å². The molecule has 0 spiro atoms. The number of rotatable bonds is 2. The van der Waals surface area contributed by atoms with Crippen LogP contribution in [0, 0.1) is 0 Å². The van der Waals surface area contributed by atoms with Crippen LogP contribution >= 0.6 is 0 Å². The van der Waals surface area contributed by atoms with Crippen LogP contribution < -0.4 is 0 Å². The first-order valence-electron chi connectivity index (χ1n) is 4.23. The van der Waals surface area contributed by atoms with E-state index in [4.69, 9.17) is 4.74 Å². The van der Waals surface area contributed by atoms with Crippen LogP contribution in [0.1, 0.15) is 19.3 Å². The quantitative estimate of drug-likeness (QED) is 0.582. The molecule has 1 nitrogen and oxygen atoms in total. The molecule has 0 radical (unpaired) electrons. The van der Waals surface area contributed by atoms with E-state index in [1.807, 2.05) is 0 Å². The fourth-order valence-corrected chi connectivity index (χ4v) is 3.10. The summed E-state index contributed by atoms with van der Waals surface area (Å²) in [5.74, 6) is 0. The van der Waals surface area contributed by atoms with Gasteiger partial charge in [-0.3, -0.25) is 0 Å². The maximum atomic E-state index is 11.8. The molecule has 1 saturated heterocycles. The van der Waals surface area contributed by atoms with Crippen LogP contribution in [0.3, 0.4) is 0 Å². The van der Waals surface area contributed by atoms with Gasteiger partial charge in [-0.1, -0.05) is 12.2 Å². The van der Waals surface area contributed by atoms with E-state index in [-0.39, 0.29) is 0 Å². The van der Waals surface area contributed by atoms with Crippen molar-refractivity contribution in [1.29, 1.82) is 0 Å². The maximum Gasteiger partial charge on any atom is 0.0948 e. The Labute approximate surface area is 68.9 Å². The first kappa shape index (κ1) is 8.94. The molecule has 0 N–H and O–H groups in total. The molecule has 1 heterocycles. The van der Waals surface area contributed by atoms with Gasteiger partial charge in [-0.05, 0) is 19.3 Å². The summed E-state index contributed by atoms with van der Waals surface area (Å²) >= 11 is 0. The van der Waals surface area contributed by atoms with Crippen molar-refractivity contribution < 1.29 is 9.13 Å². The lowest BCUT2D eigenvalue weighted by molar-refractivity contribution is 0.0636. The lowest BCUT2D eigenvalue weighted by atomic mass is 10.2. The summed E-state index contributed by atoms with van der Waals surface area (Å²) in [4.78, 5) is 0. The third-order valence-corrected chi connectivity index (χ3v) is 4.63. The smallest absolute Gasteiger partial charge is 0.0948 e. The number of hydrogen-bond acceptors (Lipinski definition) is 1. The molecule has 2 unspecified atom stereocenters. The van der Waals surface area contributed by atoms with E-state index >= 15 is 0 Å². The lowest BCUT2D eigenvalue weighted by Crippen LogP contribution is -2.32. The zero-order chi connectivity index (χ0) is 8.10. The molecule has 1 aliphatic heterocycles. The highest BCUT2D eigenvalue weighted by Gasteiger charge is 2.19. The highest BCUT2D eigenvalue weighted by molar-refractivity contribution is 6.64. The second-order valence-corrected chi connectivity index (χ2v) is 5.93. The minimum atomic E-state index is -1.06. The van der Waals surface area contributed by atoms with E-state index in [1.54, 1.807) is 5.70 Å². The second kappa shape index (κ2) is 4.67. The molecule has 0 amide bonds. The number of hydrogen-bond donors (Lipinski definition) is 0. The van der Waals surface area contributed by atoms with Crippen molar-refractivity contribution in [2.24, 2.45) is 0 Å². The molecular weight excluding hydrogens is 159 g/mol. The van der Waals surface area contributed by atoms with Crippen molar-refractivity contribution in [2.45, 2.75) is 31.5 Å². The second-order valence-electron chi connectivity index (χ2n) is 3.08. The van der Waals surface area contributed by atoms with Crippen LogP contribution in [0.2, 0.25) is 6.55 Å². The fourth-order valence-electron chi connectivity index (χ4n) is 1.42. The third-order valence-electron chi connectivity index (χ3n) is 2.18. The Morgan fingerprint density at radius 2 is 2.36 bits per heavy atom. The van der Waals surface area contributed by atoms with Gasteiger partial charge in [-0.15, -0.1) is 0 Å². The molecule has 0 aliphatic carbocycles. The summed E-state index contributed by atoms with van der Waals surface area (Å²) < 4.78 is 17.3. The predicted molar refractivity (Wildman–Crippen MR) is 46.9 cm³/mol. The van der Waals surface area contributed by atoms with Gasteiger partial charge in [0, 0.05) is 12.3 Å². The zero-order valence-corrected chi connectivity index (χ0v) is 8.08. The van der Waals surface area contributed by atoms with Crippen molar-refractivity contribution in [3.63, 3.8) is 0 Å². The van der Waals surface area contributed by atoms with Crippen LogP contribution in [-0.2, 0) is 4.74 Å². The molecule has 0 aromatic heterocycles. The monoisotopic (exact) mass is 174 g/mol. The van der Waals surface area contributed by atoms with Crippen LogP contribution in [0.25, 0.3) is 0 Å². The lowest BCUT2D eigenvalue weighted by Gasteiger charge is -2.25. The SMILES string of the molecule is C[SiH](C=CF)C1CCCCO1. The number of halogens is 1. The molecule has 0 aromatic carbocycles. The molecule has 64 valence electrons. The highest BCUT2D eigenvalue weighted by atomic mass is 28.3. The minimum Gasteiger partial charge on any atom is -0.382 e. The summed E-state index contributed by atoms with van der Waals surface area (Å²) in [5.41, 5.74) is 2.09. The van der Waals surface area contributed by atoms with E-state index in [9.17, 15) is 4.39 Å². The molecule has 0 saturated carbocycles. The van der Waals surface area contributed by atoms with Crippen molar-refractivity contribution >= 4 is 8.80 Å². The van der Waals surface area contributed by atoms with Crippen molar-refractivity contribution in [3.05, 3.63) is 12.0 Å². The average molecular weight is 174 g/mol. The van der Waals surface area contributed by atoms with Crippen LogP contribution in [0.5, 0.6) is 0 Å². The van der Waals surface area contributed by atoms with Gasteiger partial charge >= 0.3 is 0 Å². The van der Waals surface area contributed by atoms with Crippen molar-refractivity contribution in [2.75, 3.05) is 6.61 Å². The van der Waals surface area contributed by atoms with E-state index in [2.05, 4.69) is 6.55 Å². The molecule has 2 atom stereocenters. The Morgan fingerprint density at radius 3 is 2.91 bits per heavy atom. The maximum absolute atomic E-state index is 11.8. The van der Waals surface area contributed by atoms with Crippen LogP contribution in [0.4, 0.5) is 4.39 Å². The largest absolute Gasteiger partial charge is 0.382 e. The Kier molecular flexibility index (Phi) is 3.79. The average Bonchev–Trinajstić information content (AvgIpc) is 2.07. The van der Waals surface area contributed by atoms with Gasteiger partial charge < -0.3 is 4.74 Å². The van der Waals surface area contributed by atoms with E-state index in [0.29, 0.717) is 12.1 Å². The standard InChI is InChI=1S/C8H15FOSi/c1-11(7-5-9)8-4-2-3-6-10-8/h5,7-8,11H,2-4,6H2,1H3. The van der Waals surface area contributed by atoms with Gasteiger partial charge in [-0.2, -0.15) is 0 Å². The molecule has 11 heavy (non-hydrogen) atoms. The Bertz CT molecular complexity index is 132. The summed E-state index contributed by atoms with van der Waals surface area (Å²) in [5, 5.41) is 0. The normalized spacial score (nSPS) is 29.1. The molecule has 0 bridgehead atoms. The molecule has 1 rings (SSSR count). The van der Waals surface area contributed by atoms with Crippen LogP contribution in [-0.4, -0.2) is 21.1 Å². The molecular formula is C8H15FOSi. The topological polar surface area (TPSA) is 9.23 Å². The van der Waals surface area contributed by atoms with E-state index < -0.39 is 8.80 Å². The summed E-state index contributed by atoms with van der Waals surface area (Å²) in [6, 6.07) is 0. The first-order valence-corrected chi connectivity index (χ1v) is 6.72. The Morgan fingerprint density at radius 1 is 1.55 bits per heavy atom. The van der Waals surface area contributed by atoms with Gasteiger partial charge in [0.05, 0.1) is 15.1 Å². The summed E-state index contributed by atoms with van der Waals surface area (Å²) in [6.07, 6.45) is 4.24. The third kappa shape index (κ3) is 2.75. The van der Waals surface area contributed by atoms with Gasteiger partial charge in [0.25, 0.3) is 0 Å². The first-order chi connectivity index (χ1) is 5.34. The summed E-state index contributed by atoms with van der Waals surface area (Å²) in [6.45, 7) is 3.01. The Hall–Kier alpha value is -0.153. The Balaban J connectivity index is 2.32. The van der Waals surface area contributed by atoms with E-state index in [0.717, 1.165) is 13.0 Å². The molecule has 0 aromatic rings. The molecule has 1 aliphatic rings. The minimum absolute atomic E-state index is 0.385. The van der Waals surface area contributed by atoms with Crippen molar-refractivity contribution in [1.82, 2.24) is 0 Å². The van der Waals surface area contributed by atoms with Gasteiger partial charge in [0.2, 0.25) is 0 Å². The predicted octanol–water partition coefficient (Wildman–Crippen LogP) is 1.97. The van der Waals surface area contributed by atoms with Crippen LogP contribution in [0.15, 0.2) is 12.0 Å². The van der Waals surface area contributed by atoms with Gasteiger partial charge in [0.1, 0.15) is 0 Å². The molecule has 3 heteroatoms. The molecule has 1 fully saturated rings. The zero-order valence-electron chi connectivity index (χ0n) is 6.92.